The first-order valence-corrected chi connectivity index (χ1v) is 12.0. The number of hydrogen-bond donors (Lipinski definition) is 1. The Hall–Kier alpha value is -2.53. The molecule has 156 valence electrons. The third-order valence-electron chi connectivity index (χ3n) is 4.95. The summed E-state index contributed by atoms with van der Waals surface area (Å²) in [4.78, 5) is 23.7. The number of esters is 1. The Morgan fingerprint density at radius 3 is 2.17 bits per heavy atom. The lowest BCUT2D eigenvalue weighted by atomic mass is 10.0. The molecule has 0 spiro atoms. The van der Waals surface area contributed by atoms with Gasteiger partial charge in [0.15, 0.2) is 9.57 Å². The average Bonchev–Trinajstić information content (AvgIpc) is 2.73. The molecule has 2 aromatic rings. The molecule has 0 amide bonds. The average molecular weight is 442 g/mol. The predicted octanol–water partition coefficient (Wildman–Crippen LogP) is 1.65. The van der Waals surface area contributed by atoms with Gasteiger partial charge in [0.05, 0.1) is 27.7 Å². The number of carbonyl (C=O) groups excluding carboxylic acids is 1. The van der Waals surface area contributed by atoms with Crippen LogP contribution in [0.15, 0.2) is 51.3 Å². The monoisotopic (exact) mass is 441 g/mol. The van der Waals surface area contributed by atoms with Crippen LogP contribution in [0.1, 0.15) is 42.5 Å². The Bertz CT molecular complexity index is 1180. The van der Waals surface area contributed by atoms with Crippen molar-refractivity contribution in [2.24, 2.45) is 0 Å². The van der Waals surface area contributed by atoms with Crippen molar-refractivity contribution in [3.63, 3.8) is 0 Å². The van der Waals surface area contributed by atoms with Crippen LogP contribution < -0.4 is 4.54 Å². The van der Waals surface area contributed by atoms with Crippen LogP contribution in [0.3, 0.4) is 0 Å². The SMILES string of the molecule is COC(=O)c1ccc(S(=O)(=O)c2ccc(S(=O)(=O)C3CCCCC3)[n+](=O)[nH]2)cc1. The minimum Gasteiger partial charge on any atom is -0.465 e. The van der Waals surface area contributed by atoms with Crippen LogP contribution in [0.4, 0.5) is 0 Å². The molecule has 9 nitrogen and oxygen atoms in total. The van der Waals surface area contributed by atoms with Gasteiger partial charge in [0.25, 0.3) is 0 Å². The van der Waals surface area contributed by atoms with Gasteiger partial charge in [-0.15, -0.1) is 5.10 Å². The second-order valence-electron chi connectivity index (χ2n) is 6.77. The van der Waals surface area contributed by atoms with Gasteiger partial charge in [0, 0.05) is 6.07 Å². The molecule has 11 heteroatoms. The minimum atomic E-state index is -4.12. The first-order chi connectivity index (χ1) is 13.7. The van der Waals surface area contributed by atoms with E-state index in [4.69, 9.17) is 0 Å². The summed E-state index contributed by atoms with van der Waals surface area (Å²) in [7, 11) is -6.78. The molecule has 1 aromatic heterocycles. The highest BCUT2D eigenvalue weighted by atomic mass is 32.2. The van der Waals surface area contributed by atoms with Gasteiger partial charge in [0.1, 0.15) is 0 Å². The fraction of sp³-hybridized carbons (Fsp3) is 0.389. The van der Waals surface area contributed by atoms with E-state index < -0.39 is 40.9 Å². The van der Waals surface area contributed by atoms with E-state index in [9.17, 15) is 26.5 Å². The zero-order valence-corrected chi connectivity index (χ0v) is 17.3. The zero-order chi connectivity index (χ0) is 21.2. The molecule has 0 radical (unpaired) electrons. The number of nitrogens with one attached hydrogen (secondary N) is 1. The number of H-pyrrole nitrogens is 1. The maximum atomic E-state index is 12.8. The summed E-state index contributed by atoms with van der Waals surface area (Å²) in [5.74, 6) is -0.616. The summed E-state index contributed by atoms with van der Waals surface area (Å²) in [6, 6.07) is 7.06. The van der Waals surface area contributed by atoms with Crippen molar-refractivity contribution >= 4 is 25.6 Å². The Morgan fingerprint density at radius 1 is 1.00 bits per heavy atom. The Morgan fingerprint density at radius 2 is 1.62 bits per heavy atom. The molecule has 1 aliphatic rings. The lowest BCUT2D eigenvalue weighted by Gasteiger charge is -2.18. The van der Waals surface area contributed by atoms with Gasteiger partial charge in [-0.05, 0) is 43.2 Å². The molecule has 29 heavy (non-hydrogen) atoms. The molecule has 0 saturated heterocycles. The number of methoxy groups -OCH3 is 1. The molecule has 1 saturated carbocycles. The number of rotatable bonds is 5. The largest absolute Gasteiger partial charge is 0.465 e. The molecule has 0 unspecified atom stereocenters. The molecule has 0 atom stereocenters. The van der Waals surface area contributed by atoms with Gasteiger partial charge in [-0.2, -0.15) is 0 Å². The summed E-state index contributed by atoms with van der Waals surface area (Å²) >= 11 is 0. The second kappa shape index (κ2) is 8.07. The van der Waals surface area contributed by atoms with Crippen molar-refractivity contribution in [1.82, 2.24) is 5.10 Å². The summed E-state index contributed by atoms with van der Waals surface area (Å²) < 4.78 is 55.5. The maximum Gasteiger partial charge on any atom is 0.382 e. The number of ether oxygens (including phenoxy) is 1. The Labute approximate surface area is 168 Å². The summed E-state index contributed by atoms with van der Waals surface area (Å²) in [5, 5.41) is 0.517. The molecular weight excluding hydrogens is 420 g/mol. The fourth-order valence-corrected chi connectivity index (χ4v) is 6.36. The van der Waals surface area contributed by atoms with E-state index in [1.807, 2.05) is 0 Å². The zero-order valence-electron chi connectivity index (χ0n) is 15.7. The van der Waals surface area contributed by atoms with Crippen LogP contribution in [0.5, 0.6) is 0 Å². The third kappa shape index (κ3) is 4.10. The van der Waals surface area contributed by atoms with E-state index >= 15 is 0 Å². The van der Waals surface area contributed by atoms with Crippen molar-refractivity contribution in [3.8, 4) is 0 Å². The molecule has 1 heterocycles. The highest BCUT2D eigenvalue weighted by Crippen LogP contribution is 2.27. The fourth-order valence-electron chi connectivity index (χ4n) is 3.33. The van der Waals surface area contributed by atoms with Gasteiger partial charge >= 0.3 is 11.0 Å². The van der Waals surface area contributed by atoms with Crippen molar-refractivity contribution in [2.75, 3.05) is 7.11 Å². The van der Waals surface area contributed by atoms with Gasteiger partial charge < -0.3 is 4.74 Å². The van der Waals surface area contributed by atoms with Crippen LogP contribution in [0, 0.1) is 4.91 Å². The highest BCUT2D eigenvalue weighted by Gasteiger charge is 2.37. The van der Waals surface area contributed by atoms with E-state index in [0.29, 0.717) is 12.8 Å². The van der Waals surface area contributed by atoms with E-state index in [1.54, 1.807) is 0 Å². The van der Waals surface area contributed by atoms with Gasteiger partial charge in [0.2, 0.25) is 19.7 Å². The van der Waals surface area contributed by atoms with Gasteiger partial charge in [-0.3, -0.25) is 0 Å². The summed E-state index contributed by atoms with van der Waals surface area (Å²) in [6.07, 6.45) is 3.48. The lowest BCUT2D eigenvalue weighted by molar-refractivity contribution is -0.610. The van der Waals surface area contributed by atoms with E-state index in [0.717, 1.165) is 31.4 Å². The number of aromatic nitrogens is 2. The molecule has 0 aliphatic heterocycles. The lowest BCUT2D eigenvalue weighted by Crippen LogP contribution is -2.35. The topological polar surface area (TPSA) is 133 Å². The van der Waals surface area contributed by atoms with Gasteiger partial charge in [-0.25, -0.2) is 21.6 Å². The first-order valence-electron chi connectivity index (χ1n) is 9.01. The quantitative estimate of drug-likeness (QED) is 0.551. The van der Waals surface area contributed by atoms with E-state index in [1.165, 1.54) is 31.4 Å². The maximum absolute atomic E-state index is 12.8. The van der Waals surface area contributed by atoms with E-state index in [2.05, 4.69) is 9.84 Å². The number of carbonyl (C=O) groups is 1. The van der Waals surface area contributed by atoms with Crippen LogP contribution in [-0.2, 0) is 24.4 Å². The molecular formula is C18H21N2O7S2+. The van der Waals surface area contributed by atoms with Crippen LogP contribution in [-0.4, -0.2) is 40.3 Å². The number of hydrogen-bond acceptors (Lipinski definition) is 7. The van der Waals surface area contributed by atoms with Crippen molar-refractivity contribution in [2.45, 2.75) is 52.3 Å². The molecule has 1 aliphatic carbocycles. The predicted molar refractivity (Wildman–Crippen MR) is 101 cm³/mol. The summed E-state index contributed by atoms with van der Waals surface area (Å²) in [5.41, 5.74) is 0.170. The van der Waals surface area contributed by atoms with Crippen LogP contribution in [0.25, 0.3) is 0 Å². The minimum absolute atomic E-state index is 0.0142. The Kier molecular flexibility index (Phi) is 5.90. The van der Waals surface area contributed by atoms with Crippen molar-refractivity contribution < 1.29 is 30.9 Å². The van der Waals surface area contributed by atoms with Crippen molar-refractivity contribution in [3.05, 3.63) is 46.9 Å². The molecule has 1 N–H and O–H groups in total. The number of nitrogens with zero attached hydrogens (tertiary/aromatic N) is 1. The first kappa shape index (κ1) is 21.2. The number of benzene rings is 1. The standard InChI is InChI=1S/C18H21N2O7S2/c1-27-18(21)13-7-9-15(10-8-13)28(23,24)16-11-12-17(20(22)19-16)29(25,26)14-5-3-2-4-6-14/h7-12,14H,2-6H2,1H3,(H,19,22)/q+1. The number of aromatic amines is 1. The van der Waals surface area contributed by atoms with E-state index in [-0.39, 0.29) is 15.0 Å². The normalized spacial score (nSPS) is 15.8. The smallest absolute Gasteiger partial charge is 0.382 e. The number of sulfone groups is 2. The summed E-state index contributed by atoms with van der Waals surface area (Å²) in [6.45, 7) is 0. The molecule has 0 bridgehead atoms. The van der Waals surface area contributed by atoms with Crippen LogP contribution in [0.2, 0.25) is 0 Å². The third-order valence-corrected chi connectivity index (χ3v) is 8.88. The van der Waals surface area contributed by atoms with Gasteiger partial charge in [-0.1, -0.05) is 19.3 Å². The highest BCUT2D eigenvalue weighted by molar-refractivity contribution is 7.92. The molecule has 1 aromatic carbocycles. The Balaban J connectivity index is 1.95. The second-order valence-corrected chi connectivity index (χ2v) is 10.9. The molecule has 1 fully saturated rings. The molecule has 3 rings (SSSR count). The van der Waals surface area contributed by atoms with Crippen molar-refractivity contribution in [1.29, 1.82) is 0 Å². The van der Waals surface area contributed by atoms with Crippen LogP contribution >= 0.6 is 0 Å².